The van der Waals surface area contributed by atoms with E-state index in [-0.39, 0.29) is 5.97 Å². The van der Waals surface area contributed by atoms with Gasteiger partial charge in [-0.3, -0.25) is 9.59 Å². The molecule has 1 aromatic carbocycles. The monoisotopic (exact) mass is 212 g/mol. The number of hydrogen-bond donors (Lipinski definition) is 0. The van der Waals surface area contributed by atoms with Crippen LogP contribution >= 0.6 is 11.6 Å². The van der Waals surface area contributed by atoms with Crippen molar-refractivity contribution in [3.63, 3.8) is 0 Å². The molecule has 0 aliphatic carbocycles. The first kappa shape index (κ1) is 10.7. The van der Waals surface area contributed by atoms with Gasteiger partial charge in [0.2, 0.25) is 0 Å². The summed E-state index contributed by atoms with van der Waals surface area (Å²) in [6.07, 6.45) is 0.291. The molecule has 0 heterocycles. The molecule has 0 bridgehead atoms. The molecule has 1 rings (SSSR count). The first-order valence-corrected chi connectivity index (χ1v) is 4.52. The maximum Gasteiger partial charge on any atom is 0.310 e. The molecule has 0 aromatic heterocycles. The van der Waals surface area contributed by atoms with Crippen LogP contribution in [0.1, 0.15) is 23.7 Å². The molecule has 0 fully saturated rings. The van der Waals surface area contributed by atoms with Crippen LogP contribution in [0.5, 0.6) is 5.75 Å². The number of hydrogen-bond acceptors (Lipinski definition) is 3. The highest BCUT2D eigenvalue weighted by Crippen LogP contribution is 2.15. The summed E-state index contributed by atoms with van der Waals surface area (Å²) in [5.74, 6) is -0.00692. The van der Waals surface area contributed by atoms with Crippen LogP contribution in [0.2, 0.25) is 0 Å². The molecule has 0 saturated carbocycles. The third kappa shape index (κ3) is 2.85. The van der Waals surface area contributed by atoms with Crippen molar-refractivity contribution < 1.29 is 14.3 Å². The van der Waals surface area contributed by atoms with Crippen LogP contribution in [-0.2, 0) is 4.79 Å². The van der Waals surface area contributed by atoms with Crippen molar-refractivity contribution in [3.05, 3.63) is 29.8 Å². The smallest absolute Gasteiger partial charge is 0.310 e. The van der Waals surface area contributed by atoms with Crippen LogP contribution in [0.3, 0.4) is 0 Å². The van der Waals surface area contributed by atoms with Crippen LogP contribution in [0.15, 0.2) is 24.3 Å². The Bertz CT molecular complexity index is 360. The van der Waals surface area contributed by atoms with Gasteiger partial charge in [-0.2, -0.15) is 0 Å². The van der Waals surface area contributed by atoms with E-state index in [0.717, 1.165) is 0 Å². The van der Waals surface area contributed by atoms with Gasteiger partial charge in [-0.05, 0) is 29.8 Å². The van der Waals surface area contributed by atoms with Crippen LogP contribution in [0.4, 0.5) is 0 Å². The molecule has 0 unspecified atom stereocenters. The number of rotatable bonds is 3. The lowest BCUT2D eigenvalue weighted by Crippen LogP contribution is -2.05. The largest absolute Gasteiger partial charge is 0.427 e. The zero-order valence-electron chi connectivity index (χ0n) is 7.62. The number of benzene rings is 1. The van der Waals surface area contributed by atoms with Gasteiger partial charge in [-0.25, -0.2) is 0 Å². The quantitative estimate of drug-likeness (QED) is 0.439. The molecule has 0 amide bonds. The van der Waals surface area contributed by atoms with E-state index in [1.54, 1.807) is 25.1 Å². The minimum absolute atomic E-state index is 0.291. The fourth-order valence-electron chi connectivity index (χ4n) is 0.885. The predicted octanol–water partition coefficient (Wildman–Crippen LogP) is 2.38. The first-order valence-electron chi connectivity index (χ1n) is 4.14. The van der Waals surface area contributed by atoms with Crippen molar-refractivity contribution in [2.75, 3.05) is 0 Å². The van der Waals surface area contributed by atoms with Gasteiger partial charge in [-0.15, -0.1) is 0 Å². The Kier molecular flexibility index (Phi) is 3.65. The van der Waals surface area contributed by atoms with E-state index in [1.807, 2.05) is 0 Å². The van der Waals surface area contributed by atoms with E-state index in [0.29, 0.717) is 17.7 Å². The van der Waals surface area contributed by atoms with Crippen LogP contribution in [-0.4, -0.2) is 11.2 Å². The molecular weight excluding hydrogens is 204 g/mol. The average molecular weight is 213 g/mol. The molecule has 1 aromatic rings. The zero-order chi connectivity index (χ0) is 10.6. The first-order chi connectivity index (χ1) is 6.63. The second-order valence-corrected chi connectivity index (χ2v) is 2.97. The molecule has 0 saturated heterocycles. The summed E-state index contributed by atoms with van der Waals surface area (Å²) in [6, 6.07) is 6.19. The summed E-state index contributed by atoms with van der Waals surface area (Å²) in [4.78, 5) is 21.7. The highest BCUT2D eigenvalue weighted by Gasteiger charge is 2.05. The summed E-state index contributed by atoms with van der Waals surface area (Å²) < 4.78 is 4.90. The lowest BCUT2D eigenvalue weighted by Gasteiger charge is -2.02. The third-order valence-corrected chi connectivity index (χ3v) is 1.80. The van der Waals surface area contributed by atoms with E-state index in [1.165, 1.54) is 6.07 Å². The number of carbonyl (C=O) groups excluding carboxylic acids is 2. The fraction of sp³-hybridized carbons (Fsp3) is 0.200. The summed E-state index contributed by atoms with van der Waals surface area (Å²) in [5, 5.41) is -0.570. The Morgan fingerprint density at radius 3 is 2.71 bits per heavy atom. The second kappa shape index (κ2) is 4.77. The van der Waals surface area contributed by atoms with Gasteiger partial charge in [0.15, 0.2) is 0 Å². The summed E-state index contributed by atoms with van der Waals surface area (Å²) in [6.45, 7) is 1.69. The topological polar surface area (TPSA) is 43.4 Å². The van der Waals surface area contributed by atoms with E-state index < -0.39 is 5.24 Å². The van der Waals surface area contributed by atoms with Crippen molar-refractivity contribution in [3.8, 4) is 5.75 Å². The number of carbonyl (C=O) groups is 2. The Labute approximate surface area is 86.6 Å². The summed E-state index contributed by atoms with van der Waals surface area (Å²) >= 11 is 5.27. The van der Waals surface area contributed by atoms with Crippen molar-refractivity contribution in [2.45, 2.75) is 13.3 Å². The molecule has 3 nitrogen and oxygen atoms in total. The SMILES string of the molecule is CCC(=O)Oc1cccc(C(=O)Cl)c1. The lowest BCUT2D eigenvalue weighted by atomic mass is 10.2. The standard InChI is InChI=1S/C10H9ClO3/c1-2-9(12)14-8-5-3-4-7(6-8)10(11)13/h3-6H,2H2,1H3. The number of halogens is 1. The Balaban J connectivity index is 2.83. The molecule has 74 valence electrons. The maximum atomic E-state index is 10.9. The van der Waals surface area contributed by atoms with Gasteiger partial charge in [0.25, 0.3) is 5.24 Å². The van der Waals surface area contributed by atoms with Gasteiger partial charge in [0.05, 0.1) is 0 Å². The minimum Gasteiger partial charge on any atom is -0.427 e. The fourth-order valence-corrected chi connectivity index (χ4v) is 1.00. The van der Waals surface area contributed by atoms with Crippen LogP contribution < -0.4 is 4.74 Å². The third-order valence-electron chi connectivity index (χ3n) is 1.58. The molecule has 0 spiro atoms. The lowest BCUT2D eigenvalue weighted by molar-refractivity contribution is -0.134. The van der Waals surface area contributed by atoms with E-state index >= 15 is 0 Å². The van der Waals surface area contributed by atoms with Crippen molar-refractivity contribution >= 4 is 22.8 Å². The average Bonchev–Trinajstić information content (AvgIpc) is 2.18. The Morgan fingerprint density at radius 2 is 2.14 bits per heavy atom. The molecular formula is C10H9ClO3. The van der Waals surface area contributed by atoms with Crippen molar-refractivity contribution in [2.24, 2.45) is 0 Å². The molecule has 0 radical (unpaired) electrons. The molecule has 0 aliphatic rings. The maximum absolute atomic E-state index is 10.9. The highest BCUT2D eigenvalue weighted by molar-refractivity contribution is 6.67. The van der Waals surface area contributed by atoms with Crippen LogP contribution in [0, 0.1) is 0 Å². The zero-order valence-corrected chi connectivity index (χ0v) is 8.38. The van der Waals surface area contributed by atoms with E-state index in [2.05, 4.69) is 0 Å². The summed E-state index contributed by atoms with van der Waals surface area (Å²) in [7, 11) is 0. The molecule has 0 atom stereocenters. The Hall–Kier alpha value is -1.35. The van der Waals surface area contributed by atoms with E-state index in [4.69, 9.17) is 16.3 Å². The van der Waals surface area contributed by atoms with Gasteiger partial charge >= 0.3 is 5.97 Å². The number of ether oxygens (including phenoxy) is 1. The van der Waals surface area contributed by atoms with Crippen molar-refractivity contribution in [1.82, 2.24) is 0 Å². The second-order valence-electron chi connectivity index (χ2n) is 2.63. The Morgan fingerprint density at radius 1 is 1.43 bits per heavy atom. The normalized spacial score (nSPS) is 9.57. The molecule has 14 heavy (non-hydrogen) atoms. The van der Waals surface area contributed by atoms with Crippen molar-refractivity contribution in [1.29, 1.82) is 0 Å². The molecule has 0 N–H and O–H groups in total. The van der Waals surface area contributed by atoms with Gasteiger partial charge in [0, 0.05) is 12.0 Å². The van der Waals surface area contributed by atoms with Gasteiger partial charge < -0.3 is 4.74 Å². The van der Waals surface area contributed by atoms with E-state index in [9.17, 15) is 9.59 Å². The summed E-state index contributed by atoms with van der Waals surface area (Å²) in [5.41, 5.74) is 0.313. The predicted molar refractivity (Wildman–Crippen MR) is 52.6 cm³/mol. The van der Waals surface area contributed by atoms with Crippen LogP contribution in [0.25, 0.3) is 0 Å². The minimum atomic E-state index is -0.570. The molecule has 4 heteroatoms. The highest BCUT2D eigenvalue weighted by atomic mass is 35.5. The number of esters is 1. The van der Waals surface area contributed by atoms with Gasteiger partial charge in [0.1, 0.15) is 5.75 Å². The van der Waals surface area contributed by atoms with Gasteiger partial charge in [-0.1, -0.05) is 13.0 Å². The molecule has 0 aliphatic heterocycles.